The van der Waals surface area contributed by atoms with E-state index in [1.807, 2.05) is 12.4 Å². The molecule has 6 aromatic carbocycles. The quantitative estimate of drug-likeness (QED) is 0.197. The summed E-state index contributed by atoms with van der Waals surface area (Å²) in [4.78, 5) is 10.8. The minimum atomic E-state index is -0.275. The van der Waals surface area contributed by atoms with Crippen molar-refractivity contribution in [1.82, 2.24) is 9.97 Å². The largest absolute Gasteiger partial charge is 0.310 e. The van der Waals surface area contributed by atoms with E-state index >= 15 is 0 Å². The summed E-state index contributed by atoms with van der Waals surface area (Å²) in [6, 6.07) is 54.7. The van der Waals surface area contributed by atoms with E-state index in [0.717, 1.165) is 28.2 Å². The van der Waals surface area contributed by atoms with Gasteiger partial charge in [-0.3, -0.25) is 0 Å². The fraction of sp³-hybridized carbons (Fsp3) is 0.0476. The van der Waals surface area contributed by atoms with Gasteiger partial charge in [-0.15, -0.1) is 0 Å². The lowest BCUT2D eigenvalue weighted by atomic mass is 9.74. The zero-order valence-corrected chi connectivity index (χ0v) is 25.0. The molecular formula is C42H31N3. The Kier molecular flexibility index (Phi) is 6.57. The van der Waals surface area contributed by atoms with E-state index in [9.17, 15) is 0 Å². The third kappa shape index (κ3) is 4.52. The minimum Gasteiger partial charge on any atom is -0.310 e. The summed E-state index contributed by atoms with van der Waals surface area (Å²) in [5.41, 5.74) is 14.0. The molecule has 1 aliphatic rings. The minimum absolute atomic E-state index is 0.275. The zero-order valence-electron chi connectivity index (χ0n) is 25.0. The second kappa shape index (κ2) is 11.0. The number of fused-ring (bicyclic) bond motifs is 3. The van der Waals surface area contributed by atoms with Crippen LogP contribution in [0.2, 0.25) is 0 Å². The lowest BCUT2D eigenvalue weighted by molar-refractivity contribution is 0.714. The summed E-state index contributed by atoms with van der Waals surface area (Å²) < 4.78 is 0. The zero-order chi connectivity index (χ0) is 30.2. The molecule has 0 bridgehead atoms. The van der Waals surface area contributed by atoms with Crippen molar-refractivity contribution in [1.29, 1.82) is 0 Å². The van der Waals surface area contributed by atoms with E-state index in [2.05, 4.69) is 173 Å². The Balaban J connectivity index is 1.33. The highest BCUT2D eigenvalue weighted by Gasteiger charge is 2.42. The molecule has 0 amide bonds. The number of hydrogen-bond donors (Lipinski definition) is 0. The highest BCUT2D eigenvalue weighted by Crippen LogP contribution is 2.56. The summed E-state index contributed by atoms with van der Waals surface area (Å²) in [6.07, 6.45) is 5.27. The normalized spacial score (nSPS) is 14.9. The van der Waals surface area contributed by atoms with Crippen LogP contribution < -0.4 is 4.90 Å². The first kappa shape index (κ1) is 26.8. The lowest BCUT2D eigenvalue weighted by Crippen LogP contribution is -2.22. The van der Waals surface area contributed by atoms with Crippen LogP contribution in [0, 0.1) is 0 Å². The first-order valence-corrected chi connectivity index (χ1v) is 15.3. The highest BCUT2D eigenvalue weighted by atomic mass is 15.1. The molecule has 1 aromatic heterocycles. The Hall–Kier alpha value is -5.80. The van der Waals surface area contributed by atoms with Crippen LogP contribution in [0.1, 0.15) is 23.6 Å². The summed E-state index contributed by atoms with van der Waals surface area (Å²) >= 11 is 0. The average molecular weight is 578 g/mol. The van der Waals surface area contributed by atoms with Gasteiger partial charge in [0.15, 0.2) is 0 Å². The molecular weight excluding hydrogens is 546 g/mol. The third-order valence-electron chi connectivity index (χ3n) is 9.16. The van der Waals surface area contributed by atoms with E-state index < -0.39 is 0 Å². The van der Waals surface area contributed by atoms with Gasteiger partial charge in [0.2, 0.25) is 0 Å². The molecule has 3 heteroatoms. The van der Waals surface area contributed by atoms with Crippen LogP contribution in [-0.4, -0.2) is 9.97 Å². The van der Waals surface area contributed by atoms with Crippen molar-refractivity contribution in [2.24, 2.45) is 0 Å². The van der Waals surface area contributed by atoms with Crippen LogP contribution in [0.5, 0.6) is 0 Å². The van der Waals surface area contributed by atoms with Crippen LogP contribution in [-0.2, 0) is 5.41 Å². The predicted molar refractivity (Wildman–Crippen MR) is 185 cm³/mol. The van der Waals surface area contributed by atoms with Crippen LogP contribution in [0.4, 0.5) is 17.1 Å². The fourth-order valence-electron chi connectivity index (χ4n) is 6.90. The molecule has 0 radical (unpaired) electrons. The van der Waals surface area contributed by atoms with E-state index in [4.69, 9.17) is 0 Å². The lowest BCUT2D eigenvalue weighted by Gasteiger charge is -2.30. The van der Waals surface area contributed by atoms with Gasteiger partial charge in [0.05, 0.1) is 5.69 Å². The standard InChI is InChI=1S/C42H31N3/c1-42(34-13-6-3-7-14-34)38-16-9-8-15-37(38)41-39(42)17-10-18-40(41)45(35-23-19-31(20-24-35)30-11-4-2-5-12-30)36-25-21-32(22-26-36)33-27-43-29-44-28-33/h2-29H,1H3. The number of hydrogen-bond acceptors (Lipinski definition) is 3. The molecule has 3 nitrogen and oxygen atoms in total. The molecule has 45 heavy (non-hydrogen) atoms. The SMILES string of the molecule is CC1(c2ccccc2)c2ccccc2-c2c(N(c3ccc(-c4ccccc4)cc3)c3ccc(-c4cncnc4)cc3)cccc21. The molecule has 7 aromatic rings. The Morgan fingerprint density at radius 2 is 1.00 bits per heavy atom. The van der Waals surface area contributed by atoms with Crippen molar-refractivity contribution >= 4 is 17.1 Å². The number of anilines is 3. The summed E-state index contributed by atoms with van der Waals surface area (Å²) in [5, 5.41) is 0. The number of aromatic nitrogens is 2. The maximum absolute atomic E-state index is 4.22. The maximum atomic E-state index is 4.22. The predicted octanol–water partition coefficient (Wildman–Crippen LogP) is 10.6. The monoisotopic (exact) mass is 577 g/mol. The molecule has 0 N–H and O–H groups in total. The maximum Gasteiger partial charge on any atom is 0.115 e. The van der Waals surface area contributed by atoms with E-state index in [0.29, 0.717) is 0 Å². The first-order valence-electron chi connectivity index (χ1n) is 15.3. The van der Waals surface area contributed by atoms with Gasteiger partial charge in [-0.1, -0.05) is 121 Å². The molecule has 8 rings (SSSR count). The molecule has 0 saturated carbocycles. The van der Waals surface area contributed by atoms with Crippen LogP contribution in [0.15, 0.2) is 170 Å². The van der Waals surface area contributed by atoms with Crippen molar-refractivity contribution in [3.63, 3.8) is 0 Å². The summed E-state index contributed by atoms with van der Waals surface area (Å²) in [5.74, 6) is 0. The van der Waals surface area contributed by atoms with E-state index in [1.54, 1.807) is 6.33 Å². The third-order valence-corrected chi connectivity index (χ3v) is 9.16. The molecule has 1 aliphatic carbocycles. The number of benzene rings is 6. The van der Waals surface area contributed by atoms with Crippen LogP contribution in [0.25, 0.3) is 33.4 Å². The Morgan fingerprint density at radius 3 is 1.67 bits per heavy atom. The van der Waals surface area contributed by atoms with E-state index in [-0.39, 0.29) is 5.41 Å². The first-order chi connectivity index (χ1) is 22.2. The molecule has 0 spiro atoms. The molecule has 0 fully saturated rings. The van der Waals surface area contributed by atoms with Gasteiger partial charge in [-0.05, 0) is 76.2 Å². The van der Waals surface area contributed by atoms with Gasteiger partial charge in [0.25, 0.3) is 0 Å². The van der Waals surface area contributed by atoms with Gasteiger partial charge >= 0.3 is 0 Å². The van der Waals surface area contributed by atoms with Crippen molar-refractivity contribution in [3.05, 3.63) is 187 Å². The summed E-state index contributed by atoms with van der Waals surface area (Å²) in [7, 11) is 0. The number of rotatable bonds is 6. The Bertz CT molecular complexity index is 2010. The van der Waals surface area contributed by atoms with Crippen LogP contribution in [0.3, 0.4) is 0 Å². The van der Waals surface area contributed by atoms with Gasteiger partial charge in [-0.25, -0.2) is 9.97 Å². The van der Waals surface area contributed by atoms with Crippen molar-refractivity contribution in [2.45, 2.75) is 12.3 Å². The number of nitrogens with zero attached hydrogens (tertiary/aromatic N) is 3. The van der Waals surface area contributed by atoms with Crippen molar-refractivity contribution in [2.75, 3.05) is 4.90 Å². The molecule has 1 atom stereocenters. The Morgan fingerprint density at radius 1 is 0.467 bits per heavy atom. The summed E-state index contributed by atoms with van der Waals surface area (Å²) in [6.45, 7) is 2.37. The molecule has 1 heterocycles. The van der Waals surface area contributed by atoms with Crippen molar-refractivity contribution in [3.8, 4) is 33.4 Å². The molecule has 214 valence electrons. The molecule has 1 unspecified atom stereocenters. The Labute approximate surface area is 264 Å². The fourth-order valence-corrected chi connectivity index (χ4v) is 6.90. The smallest absolute Gasteiger partial charge is 0.115 e. The van der Waals surface area contributed by atoms with Gasteiger partial charge in [-0.2, -0.15) is 0 Å². The van der Waals surface area contributed by atoms with E-state index in [1.165, 1.54) is 38.9 Å². The topological polar surface area (TPSA) is 29.0 Å². The van der Waals surface area contributed by atoms with Gasteiger partial charge < -0.3 is 4.90 Å². The van der Waals surface area contributed by atoms with Gasteiger partial charge in [0, 0.05) is 40.3 Å². The highest BCUT2D eigenvalue weighted by molar-refractivity contribution is 5.96. The van der Waals surface area contributed by atoms with Crippen LogP contribution >= 0.6 is 0 Å². The average Bonchev–Trinajstić information content (AvgIpc) is 3.40. The van der Waals surface area contributed by atoms with Gasteiger partial charge in [0.1, 0.15) is 6.33 Å². The second-order valence-electron chi connectivity index (χ2n) is 11.7. The second-order valence-corrected chi connectivity index (χ2v) is 11.7. The molecule has 0 saturated heterocycles. The van der Waals surface area contributed by atoms with Crippen molar-refractivity contribution < 1.29 is 0 Å². The molecule has 0 aliphatic heterocycles.